The van der Waals surface area contributed by atoms with Crippen molar-refractivity contribution in [3.8, 4) is 0 Å². The predicted molar refractivity (Wildman–Crippen MR) is 81.6 cm³/mol. The number of nitrogens with zero attached hydrogens (tertiary/aromatic N) is 1. The van der Waals surface area contributed by atoms with Gasteiger partial charge in [-0.1, -0.05) is 12.8 Å². The Morgan fingerprint density at radius 3 is 2.24 bits per heavy atom. The molecule has 1 heterocycles. The number of carboxylic acid groups (broad SMARTS) is 1. The number of rotatable bonds is 5. The number of aromatic carboxylic acids is 1. The molecule has 1 amide bonds. The first-order valence-electron chi connectivity index (χ1n) is 7.51. The second-order valence-electron chi connectivity index (χ2n) is 5.44. The van der Waals surface area contributed by atoms with Crippen LogP contribution in [0.3, 0.4) is 0 Å². The van der Waals surface area contributed by atoms with Crippen LogP contribution in [0.5, 0.6) is 0 Å². The van der Waals surface area contributed by atoms with E-state index in [-0.39, 0.29) is 11.5 Å². The van der Waals surface area contributed by atoms with Gasteiger partial charge >= 0.3 is 5.97 Å². The largest absolute Gasteiger partial charge is 0.478 e. The molecule has 0 radical (unpaired) electrons. The molecule has 2 N–H and O–H groups in total. The van der Waals surface area contributed by atoms with Gasteiger partial charge in [-0.05, 0) is 50.2 Å². The summed E-state index contributed by atoms with van der Waals surface area (Å²) in [5.74, 6) is -0.989. The Morgan fingerprint density at radius 1 is 1.05 bits per heavy atom. The molecule has 0 aromatic heterocycles. The molecule has 0 atom stereocenters. The van der Waals surface area contributed by atoms with Crippen LogP contribution in [0, 0.1) is 0 Å². The highest BCUT2D eigenvalue weighted by Crippen LogP contribution is 2.12. The highest BCUT2D eigenvalue weighted by atomic mass is 16.4. The fraction of sp³-hybridized carbons (Fsp3) is 0.500. The second-order valence-corrected chi connectivity index (χ2v) is 5.44. The molecule has 1 aromatic rings. The van der Waals surface area contributed by atoms with Crippen LogP contribution < -0.4 is 5.32 Å². The molecule has 1 aliphatic heterocycles. The fourth-order valence-electron chi connectivity index (χ4n) is 2.54. The van der Waals surface area contributed by atoms with E-state index in [0.29, 0.717) is 12.1 Å². The van der Waals surface area contributed by atoms with Crippen LogP contribution in [-0.2, 0) is 4.79 Å². The van der Waals surface area contributed by atoms with Gasteiger partial charge in [-0.2, -0.15) is 0 Å². The molecule has 0 spiro atoms. The molecule has 0 unspecified atom stereocenters. The smallest absolute Gasteiger partial charge is 0.335 e. The van der Waals surface area contributed by atoms with Crippen molar-refractivity contribution in [1.82, 2.24) is 4.90 Å². The molecule has 1 fully saturated rings. The average Bonchev–Trinajstić information content (AvgIpc) is 2.74. The minimum absolute atomic E-state index is 0.0256. The van der Waals surface area contributed by atoms with Crippen LogP contribution in [-0.4, -0.2) is 41.5 Å². The van der Waals surface area contributed by atoms with E-state index in [1.165, 1.54) is 37.8 Å². The lowest BCUT2D eigenvalue weighted by atomic mass is 10.2. The molecule has 1 saturated heterocycles. The van der Waals surface area contributed by atoms with E-state index >= 15 is 0 Å². The Balaban J connectivity index is 1.77. The van der Waals surface area contributed by atoms with E-state index in [1.807, 2.05) is 0 Å². The predicted octanol–water partition coefficient (Wildman–Crippen LogP) is 2.59. The lowest BCUT2D eigenvalue weighted by Crippen LogP contribution is -2.28. The summed E-state index contributed by atoms with van der Waals surface area (Å²) in [6.45, 7) is 2.96. The van der Waals surface area contributed by atoms with Crippen LogP contribution in [0.25, 0.3) is 0 Å². The molecule has 1 aliphatic rings. The van der Waals surface area contributed by atoms with Crippen LogP contribution >= 0.6 is 0 Å². The Labute approximate surface area is 125 Å². The third-order valence-corrected chi connectivity index (χ3v) is 3.77. The zero-order valence-corrected chi connectivity index (χ0v) is 12.2. The van der Waals surface area contributed by atoms with Crippen molar-refractivity contribution in [2.75, 3.05) is 25.0 Å². The quantitative estimate of drug-likeness (QED) is 0.874. The van der Waals surface area contributed by atoms with Crippen molar-refractivity contribution in [3.63, 3.8) is 0 Å². The third kappa shape index (κ3) is 5.19. The highest BCUT2D eigenvalue weighted by Gasteiger charge is 2.11. The molecule has 0 aliphatic carbocycles. The van der Waals surface area contributed by atoms with Crippen molar-refractivity contribution in [3.05, 3.63) is 29.8 Å². The summed E-state index contributed by atoms with van der Waals surface area (Å²) >= 11 is 0. The summed E-state index contributed by atoms with van der Waals surface area (Å²) < 4.78 is 0. The maximum absolute atomic E-state index is 11.9. The van der Waals surface area contributed by atoms with Crippen molar-refractivity contribution >= 4 is 17.6 Å². The topological polar surface area (TPSA) is 69.6 Å². The van der Waals surface area contributed by atoms with E-state index in [4.69, 9.17) is 5.11 Å². The molecule has 114 valence electrons. The number of amides is 1. The summed E-state index contributed by atoms with van der Waals surface area (Å²) in [4.78, 5) is 25.0. The lowest BCUT2D eigenvalue weighted by molar-refractivity contribution is -0.116. The van der Waals surface area contributed by atoms with E-state index in [1.54, 1.807) is 12.1 Å². The Bertz CT molecular complexity index is 477. The Morgan fingerprint density at radius 2 is 1.67 bits per heavy atom. The fourth-order valence-corrected chi connectivity index (χ4v) is 2.54. The lowest BCUT2D eigenvalue weighted by Gasteiger charge is -2.19. The van der Waals surface area contributed by atoms with Crippen LogP contribution in [0.1, 0.15) is 42.5 Å². The number of likely N-dealkylation sites (tertiary alicyclic amines) is 1. The first-order valence-corrected chi connectivity index (χ1v) is 7.51. The summed E-state index contributed by atoms with van der Waals surface area (Å²) in [6.07, 6.45) is 5.49. The van der Waals surface area contributed by atoms with Gasteiger partial charge in [-0.3, -0.25) is 4.79 Å². The second kappa shape index (κ2) is 7.78. The number of carbonyl (C=O) groups is 2. The number of anilines is 1. The Kier molecular flexibility index (Phi) is 5.75. The van der Waals surface area contributed by atoms with Crippen molar-refractivity contribution < 1.29 is 14.7 Å². The van der Waals surface area contributed by atoms with Gasteiger partial charge in [0.25, 0.3) is 0 Å². The molecule has 1 aromatic carbocycles. The number of nitrogens with one attached hydrogen (secondary N) is 1. The third-order valence-electron chi connectivity index (χ3n) is 3.77. The number of benzene rings is 1. The maximum Gasteiger partial charge on any atom is 0.335 e. The molecule has 21 heavy (non-hydrogen) atoms. The Hall–Kier alpha value is -1.88. The monoisotopic (exact) mass is 290 g/mol. The van der Waals surface area contributed by atoms with Gasteiger partial charge in [0.1, 0.15) is 0 Å². The SMILES string of the molecule is O=C(CCN1CCCCCC1)Nc1ccc(C(=O)O)cc1. The summed E-state index contributed by atoms with van der Waals surface area (Å²) in [5.41, 5.74) is 0.860. The average molecular weight is 290 g/mol. The zero-order chi connectivity index (χ0) is 15.1. The van der Waals surface area contributed by atoms with E-state index in [0.717, 1.165) is 19.6 Å². The van der Waals surface area contributed by atoms with Crippen molar-refractivity contribution in [1.29, 1.82) is 0 Å². The minimum atomic E-state index is -0.964. The van der Waals surface area contributed by atoms with E-state index in [9.17, 15) is 9.59 Å². The standard InChI is InChI=1S/C16H22N2O3/c19-15(9-12-18-10-3-1-2-4-11-18)17-14-7-5-13(6-8-14)16(20)21/h5-8H,1-4,9-12H2,(H,17,19)(H,20,21). The zero-order valence-electron chi connectivity index (χ0n) is 12.2. The van der Waals surface area contributed by atoms with Gasteiger partial charge in [0.2, 0.25) is 5.91 Å². The number of hydrogen-bond donors (Lipinski definition) is 2. The van der Waals surface area contributed by atoms with Gasteiger partial charge in [0.15, 0.2) is 0 Å². The van der Waals surface area contributed by atoms with Crippen LogP contribution in [0.15, 0.2) is 24.3 Å². The van der Waals surface area contributed by atoms with E-state index < -0.39 is 5.97 Å². The van der Waals surface area contributed by atoms with Gasteiger partial charge < -0.3 is 15.3 Å². The van der Waals surface area contributed by atoms with Crippen molar-refractivity contribution in [2.45, 2.75) is 32.1 Å². The van der Waals surface area contributed by atoms with Gasteiger partial charge in [-0.15, -0.1) is 0 Å². The van der Waals surface area contributed by atoms with Gasteiger partial charge in [-0.25, -0.2) is 4.79 Å². The molecule has 5 nitrogen and oxygen atoms in total. The number of carboxylic acids is 1. The van der Waals surface area contributed by atoms with Crippen LogP contribution in [0.4, 0.5) is 5.69 Å². The summed E-state index contributed by atoms with van der Waals surface area (Å²) in [7, 11) is 0. The first kappa shape index (κ1) is 15.5. The number of hydrogen-bond acceptors (Lipinski definition) is 3. The molecular formula is C16H22N2O3. The van der Waals surface area contributed by atoms with E-state index in [2.05, 4.69) is 10.2 Å². The first-order chi connectivity index (χ1) is 10.1. The maximum atomic E-state index is 11.9. The molecule has 0 bridgehead atoms. The highest BCUT2D eigenvalue weighted by molar-refractivity contribution is 5.92. The molecular weight excluding hydrogens is 268 g/mol. The normalized spacial score (nSPS) is 16.2. The summed E-state index contributed by atoms with van der Waals surface area (Å²) in [5, 5.41) is 11.6. The van der Waals surface area contributed by atoms with Crippen LogP contribution in [0.2, 0.25) is 0 Å². The van der Waals surface area contributed by atoms with Gasteiger partial charge in [0.05, 0.1) is 5.56 Å². The number of carbonyl (C=O) groups excluding carboxylic acids is 1. The van der Waals surface area contributed by atoms with Crippen molar-refractivity contribution in [2.24, 2.45) is 0 Å². The van der Waals surface area contributed by atoms with Gasteiger partial charge in [0, 0.05) is 18.7 Å². The molecule has 2 rings (SSSR count). The molecule has 0 saturated carbocycles. The minimum Gasteiger partial charge on any atom is -0.478 e. The molecule has 5 heteroatoms. The summed E-state index contributed by atoms with van der Waals surface area (Å²) in [6, 6.07) is 6.22.